The lowest BCUT2D eigenvalue weighted by Gasteiger charge is -2.20. The number of sulfonamides is 1. The summed E-state index contributed by atoms with van der Waals surface area (Å²) in [4.78, 5) is 26.4. The molecule has 29 heavy (non-hydrogen) atoms. The number of para-hydroxylation sites is 1. The highest BCUT2D eigenvalue weighted by atomic mass is 32.2. The number of carbonyl (C=O) groups is 2. The summed E-state index contributed by atoms with van der Waals surface area (Å²) in [6.07, 6.45) is 1.66. The fraction of sp³-hybridized carbons (Fsp3) is 0.333. The molecule has 0 N–H and O–H groups in total. The van der Waals surface area contributed by atoms with E-state index in [2.05, 4.69) is 0 Å². The van der Waals surface area contributed by atoms with Crippen molar-refractivity contribution in [1.29, 1.82) is 0 Å². The minimum absolute atomic E-state index is 0.0552. The largest absolute Gasteiger partial charge is 0.452 e. The third-order valence-electron chi connectivity index (χ3n) is 4.78. The van der Waals surface area contributed by atoms with Crippen LogP contribution in [0, 0.1) is 0 Å². The number of ether oxygens (including phenoxy) is 1. The second kappa shape index (κ2) is 9.19. The number of amides is 1. The highest BCUT2D eigenvalue weighted by Gasteiger charge is 2.28. The SMILES string of the molecule is CCN(C(=O)COC(=O)c1cccc(S(=O)(=O)N2CCCC2)c1)c1ccccc1. The van der Waals surface area contributed by atoms with Gasteiger partial charge in [0.05, 0.1) is 10.5 Å². The highest BCUT2D eigenvalue weighted by molar-refractivity contribution is 7.89. The number of hydrogen-bond donors (Lipinski definition) is 0. The van der Waals surface area contributed by atoms with Crippen molar-refractivity contribution in [3.63, 3.8) is 0 Å². The van der Waals surface area contributed by atoms with E-state index < -0.39 is 22.6 Å². The molecule has 1 aliphatic heterocycles. The minimum Gasteiger partial charge on any atom is -0.452 e. The number of hydrogen-bond acceptors (Lipinski definition) is 5. The Morgan fingerprint density at radius 1 is 1.03 bits per heavy atom. The Labute approximate surface area is 170 Å². The van der Waals surface area contributed by atoms with E-state index in [9.17, 15) is 18.0 Å². The summed E-state index contributed by atoms with van der Waals surface area (Å²) < 4.78 is 31.9. The third kappa shape index (κ3) is 4.83. The lowest BCUT2D eigenvalue weighted by molar-refractivity contribution is -0.121. The first-order valence-corrected chi connectivity index (χ1v) is 11.0. The van der Waals surface area contributed by atoms with Crippen LogP contribution in [-0.4, -0.2) is 50.8 Å². The van der Waals surface area contributed by atoms with Crippen LogP contribution in [0.25, 0.3) is 0 Å². The van der Waals surface area contributed by atoms with E-state index in [1.165, 1.54) is 33.5 Å². The van der Waals surface area contributed by atoms with E-state index in [1.54, 1.807) is 12.1 Å². The van der Waals surface area contributed by atoms with Crippen molar-refractivity contribution in [2.24, 2.45) is 0 Å². The van der Waals surface area contributed by atoms with Crippen LogP contribution in [0.2, 0.25) is 0 Å². The summed E-state index contributed by atoms with van der Waals surface area (Å²) in [5.74, 6) is -1.09. The molecule has 1 heterocycles. The second-order valence-electron chi connectivity index (χ2n) is 6.69. The molecule has 0 spiro atoms. The Bertz CT molecular complexity index is 970. The molecular weight excluding hydrogens is 392 g/mol. The molecule has 0 bridgehead atoms. The standard InChI is InChI=1S/C21H24N2O5S/c1-2-23(18-10-4-3-5-11-18)20(24)16-28-21(25)17-9-8-12-19(15-17)29(26,27)22-13-6-7-14-22/h3-5,8-12,15H,2,6-7,13-14,16H2,1H3. The van der Waals surface area contributed by atoms with Gasteiger partial charge in [-0.2, -0.15) is 4.31 Å². The van der Waals surface area contributed by atoms with Crippen molar-refractivity contribution in [2.45, 2.75) is 24.7 Å². The molecule has 1 saturated heterocycles. The predicted molar refractivity (Wildman–Crippen MR) is 109 cm³/mol. The average Bonchev–Trinajstić information content (AvgIpc) is 3.29. The number of anilines is 1. The number of rotatable bonds is 7. The van der Waals surface area contributed by atoms with Crippen molar-refractivity contribution in [3.05, 3.63) is 60.2 Å². The van der Waals surface area contributed by atoms with Crippen molar-refractivity contribution >= 4 is 27.6 Å². The van der Waals surface area contributed by atoms with E-state index in [4.69, 9.17) is 4.74 Å². The molecule has 0 aromatic heterocycles. The van der Waals surface area contributed by atoms with Crippen LogP contribution in [0.1, 0.15) is 30.1 Å². The van der Waals surface area contributed by atoms with Crippen molar-refractivity contribution in [3.8, 4) is 0 Å². The van der Waals surface area contributed by atoms with E-state index >= 15 is 0 Å². The lowest BCUT2D eigenvalue weighted by atomic mass is 10.2. The van der Waals surface area contributed by atoms with Crippen LogP contribution in [-0.2, 0) is 19.6 Å². The summed E-state index contributed by atoms with van der Waals surface area (Å²) in [6, 6.07) is 14.8. The van der Waals surface area contributed by atoms with Crippen molar-refractivity contribution in [1.82, 2.24) is 4.31 Å². The summed E-state index contributed by atoms with van der Waals surface area (Å²) in [5, 5.41) is 0. The molecule has 1 amide bonds. The minimum atomic E-state index is -3.63. The van der Waals surface area contributed by atoms with E-state index in [0.717, 1.165) is 18.5 Å². The van der Waals surface area contributed by atoms with Gasteiger partial charge in [0.15, 0.2) is 6.61 Å². The maximum absolute atomic E-state index is 12.7. The zero-order valence-corrected chi connectivity index (χ0v) is 17.1. The van der Waals surface area contributed by atoms with E-state index in [0.29, 0.717) is 19.6 Å². The number of carbonyl (C=O) groups excluding carboxylic acids is 2. The molecule has 0 unspecified atom stereocenters. The molecular formula is C21H24N2O5S. The Kier molecular flexibility index (Phi) is 6.66. The number of esters is 1. The molecule has 0 atom stereocenters. The molecule has 3 rings (SSSR count). The maximum atomic E-state index is 12.7. The Morgan fingerprint density at radius 2 is 1.72 bits per heavy atom. The fourth-order valence-corrected chi connectivity index (χ4v) is 4.82. The van der Waals surface area contributed by atoms with Crippen LogP contribution in [0.3, 0.4) is 0 Å². The van der Waals surface area contributed by atoms with Gasteiger partial charge in [-0.3, -0.25) is 4.79 Å². The van der Waals surface area contributed by atoms with E-state index in [1.807, 2.05) is 25.1 Å². The molecule has 7 nitrogen and oxygen atoms in total. The highest BCUT2D eigenvalue weighted by Crippen LogP contribution is 2.22. The van der Waals surface area contributed by atoms with Crippen LogP contribution < -0.4 is 4.90 Å². The Hall–Kier alpha value is -2.71. The molecule has 0 saturated carbocycles. The molecule has 1 fully saturated rings. The van der Waals surface area contributed by atoms with Gasteiger partial charge in [-0.25, -0.2) is 13.2 Å². The quantitative estimate of drug-likeness (QED) is 0.648. The summed E-state index contributed by atoms with van der Waals surface area (Å²) >= 11 is 0. The Morgan fingerprint density at radius 3 is 2.38 bits per heavy atom. The summed E-state index contributed by atoms with van der Waals surface area (Å²) in [6.45, 7) is 2.81. The van der Waals surface area contributed by atoms with Gasteiger partial charge in [0.25, 0.3) is 5.91 Å². The molecule has 2 aromatic rings. The van der Waals surface area contributed by atoms with Gasteiger partial charge in [-0.05, 0) is 50.1 Å². The van der Waals surface area contributed by atoms with Gasteiger partial charge >= 0.3 is 5.97 Å². The monoisotopic (exact) mass is 416 g/mol. The lowest BCUT2D eigenvalue weighted by Crippen LogP contribution is -2.34. The number of likely N-dealkylation sites (N-methyl/N-ethyl adjacent to an activating group) is 1. The van der Waals surface area contributed by atoms with Crippen LogP contribution in [0.5, 0.6) is 0 Å². The third-order valence-corrected chi connectivity index (χ3v) is 6.68. The van der Waals surface area contributed by atoms with Crippen LogP contribution >= 0.6 is 0 Å². The Balaban J connectivity index is 1.67. The van der Waals surface area contributed by atoms with Gasteiger partial charge in [0.2, 0.25) is 10.0 Å². The first-order chi connectivity index (χ1) is 13.9. The van der Waals surface area contributed by atoms with Gasteiger partial charge in [-0.1, -0.05) is 24.3 Å². The van der Waals surface area contributed by atoms with Crippen LogP contribution in [0.15, 0.2) is 59.5 Å². The molecule has 1 aliphatic rings. The number of benzene rings is 2. The first-order valence-electron chi connectivity index (χ1n) is 9.56. The summed E-state index contributed by atoms with van der Waals surface area (Å²) in [7, 11) is -3.63. The average molecular weight is 416 g/mol. The zero-order valence-electron chi connectivity index (χ0n) is 16.3. The maximum Gasteiger partial charge on any atom is 0.338 e. The zero-order chi connectivity index (χ0) is 20.9. The molecule has 0 aliphatic carbocycles. The van der Waals surface area contributed by atoms with Gasteiger partial charge in [0.1, 0.15) is 0 Å². The van der Waals surface area contributed by atoms with Gasteiger partial charge < -0.3 is 9.64 Å². The smallest absolute Gasteiger partial charge is 0.338 e. The molecule has 2 aromatic carbocycles. The molecule has 8 heteroatoms. The fourth-order valence-electron chi connectivity index (χ4n) is 3.26. The predicted octanol–water partition coefficient (Wildman–Crippen LogP) is 2.68. The van der Waals surface area contributed by atoms with Crippen molar-refractivity contribution in [2.75, 3.05) is 31.1 Å². The molecule has 0 radical (unpaired) electrons. The van der Waals surface area contributed by atoms with Gasteiger partial charge in [-0.15, -0.1) is 0 Å². The van der Waals surface area contributed by atoms with Crippen molar-refractivity contribution < 1.29 is 22.7 Å². The summed E-state index contributed by atoms with van der Waals surface area (Å²) in [5.41, 5.74) is 0.815. The number of nitrogens with zero attached hydrogens (tertiary/aromatic N) is 2. The first kappa shape index (κ1) is 21.0. The van der Waals surface area contributed by atoms with E-state index in [-0.39, 0.29) is 16.4 Å². The topological polar surface area (TPSA) is 84.0 Å². The van der Waals surface area contributed by atoms with Crippen LogP contribution in [0.4, 0.5) is 5.69 Å². The second-order valence-corrected chi connectivity index (χ2v) is 8.63. The van der Waals surface area contributed by atoms with Gasteiger partial charge in [0, 0.05) is 25.3 Å². The normalized spacial score (nSPS) is 14.5. The molecule has 154 valence electrons.